The maximum Gasteiger partial charge on any atom is 0.0541 e. The Balaban J connectivity index is 0.836. The Morgan fingerprint density at radius 1 is 0.312 bits per heavy atom. The molecule has 2 aliphatic carbocycles. The molecule has 13 rings (SSSR count). The molecule has 0 spiro atoms. The van der Waals surface area contributed by atoms with Gasteiger partial charge in [0.05, 0.1) is 22.1 Å². The third kappa shape index (κ3) is 5.26. The molecule has 0 amide bonds. The third-order valence-electron chi connectivity index (χ3n) is 14.7. The van der Waals surface area contributed by atoms with Crippen molar-refractivity contribution in [3.63, 3.8) is 0 Å². The Bertz CT molecular complexity index is 3760. The van der Waals surface area contributed by atoms with Gasteiger partial charge in [-0.05, 0) is 146 Å². The molecule has 0 bridgehead atoms. The quantitative estimate of drug-likeness (QED) is 0.153. The van der Waals surface area contributed by atoms with Crippen LogP contribution in [0.5, 0.6) is 0 Å². The predicted octanol–water partition coefficient (Wildman–Crippen LogP) is 16.3. The van der Waals surface area contributed by atoms with Gasteiger partial charge in [0.1, 0.15) is 0 Å². The smallest absolute Gasteiger partial charge is 0.0541 e. The van der Waals surface area contributed by atoms with E-state index in [4.69, 9.17) is 0 Å². The van der Waals surface area contributed by atoms with Crippen molar-refractivity contribution in [2.24, 2.45) is 0 Å². The van der Waals surface area contributed by atoms with Gasteiger partial charge in [0, 0.05) is 43.7 Å². The normalized spacial score (nSPS) is 14.4. The molecule has 304 valence electrons. The molecule has 0 fully saturated rings. The van der Waals surface area contributed by atoms with Crippen molar-refractivity contribution < 1.29 is 0 Å². The number of hydrogen-bond donors (Lipinski definition) is 0. The van der Waals surface area contributed by atoms with Crippen molar-refractivity contribution in [2.75, 3.05) is 0 Å². The highest BCUT2D eigenvalue weighted by molar-refractivity contribution is 6.11. The van der Waals surface area contributed by atoms with Gasteiger partial charge in [0.2, 0.25) is 0 Å². The van der Waals surface area contributed by atoms with Crippen LogP contribution in [0.1, 0.15) is 61.1 Å². The molecular formula is C62H46N2. The van der Waals surface area contributed by atoms with E-state index in [1.807, 2.05) is 0 Å². The Morgan fingerprint density at radius 3 is 1.31 bits per heavy atom. The van der Waals surface area contributed by atoms with Crippen LogP contribution >= 0.6 is 0 Å². The largest absolute Gasteiger partial charge is 0.309 e. The first-order valence-electron chi connectivity index (χ1n) is 22.6. The molecule has 0 saturated carbocycles. The summed E-state index contributed by atoms with van der Waals surface area (Å²) in [6, 6.07) is 72.1. The topological polar surface area (TPSA) is 9.86 Å². The van der Waals surface area contributed by atoms with Crippen molar-refractivity contribution >= 4 is 55.8 Å². The van der Waals surface area contributed by atoms with Gasteiger partial charge in [-0.2, -0.15) is 0 Å². The first-order valence-corrected chi connectivity index (χ1v) is 22.6. The van der Waals surface area contributed by atoms with Crippen LogP contribution in [-0.4, -0.2) is 9.13 Å². The SMILES string of the molecule is CC1(C)c2cc(/C=C/c3ccc4c(c3)c3ccccc3n4-c3ccccc3)ccc2-c2cc3c(cc21)-c1ccc(-c2ccc4c(c2)c2ccccc2n4-c2ccccc2)cc1C3(C)C. The standard InChI is InChI=1S/C62H46N2/c1-61(2)53-34-40(24-23-39-26-31-59-51(33-39)47-19-11-13-21-57(47)63(59)43-15-7-5-8-16-43)25-29-45(53)49-37-56-50(38-55(49)61)46-30-27-42(36-54(46)62(56,3)4)41-28-32-60-52(35-41)48-20-12-14-22-58(48)64(60)44-17-9-6-10-18-44/h5-38H,1-4H3/b24-23+. The van der Waals surface area contributed by atoms with E-state index in [-0.39, 0.29) is 10.8 Å². The Hall–Kier alpha value is -7.68. The van der Waals surface area contributed by atoms with Crippen LogP contribution in [-0.2, 0) is 10.8 Å². The monoisotopic (exact) mass is 818 g/mol. The molecule has 11 aromatic rings. The molecule has 2 heterocycles. The molecule has 64 heavy (non-hydrogen) atoms. The van der Waals surface area contributed by atoms with Gasteiger partial charge in [0.15, 0.2) is 0 Å². The van der Waals surface area contributed by atoms with E-state index < -0.39 is 0 Å². The fourth-order valence-electron chi connectivity index (χ4n) is 11.4. The van der Waals surface area contributed by atoms with E-state index in [0.717, 1.165) is 0 Å². The van der Waals surface area contributed by atoms with E-state index in [9.17, 15) is 0 Å². The summed E-state index contributed by atoms with van der Waals surface area (Å²) in [5.74, 6) is 0. The number of benzene rings is 9. The highest BCUT2D eigenvalue weighted by atomic mass is 15.0. The summed E-state index contributed by atoms with van der Waals surface area (Å²) in [6.45, 7) is 9.64. The summed E-state index contributed by atoms with van der Waals surface area (Å²) in [4.78, 5) is 0. The number of fused-ring (bicyclic) bond motifs is 12. The van der Waals surface area contributed by atoms with E-state index in [2.05, 4.69) is 243 Å². The summed E-state index contributed by atoms with van der Waals surface area (Å²) in [7, 11) is 0. The summed E-state index contributed by atoms with van der Waals surface area (Å²) < 4.78 is 4.76. The van der Waals surface area contributed by atoms with Crippen LogP contribution < -0.4 is 0 Å². The molecule has 9 aromatic carbocycles. The summed E-state index contributed by atoms with van der Waals surface area (Å²) >= 11 is 0. The van der Waals surface area contributed by atoms with Gasteiger partial charge in [-0.15, -0.1) is 0 Å². The zero-order valence-electron chi connectivity index (χ0n) is 36.5. The molecule has 0 N–H and O–H groups in total. The average molecular weight is 819 g/mol. The second-order valence-corrected chi connectivity index (χ2v) is 19.0. The van der Waals surface area contributed by atoms with Crippen molar-refractivity contribution in [3.05, 3.63) is 228 Å². The Kier molecular flexibility index (Phi) is 7.74. The minimum absolute atomic E-state index is 0.136. The summed E-state index contributed by atoms with van der Waals surface area (Å²) in [5, 5.41) is 5.10. The molecule has 2 nitrogen and oxygen atoms in total. The number of para-hydroxylation sites is 4. The maximum atomic E-state index is 2.53. The lowest BCUT2D eigenvalue weighted by atomic mass is 9.79. The van der Waals surface area contributed by atoms with Crippen LogP contribution in [0.25, 0.3) is 101 Å². The molecule has 0 aliphatic heterocycles. The lowest BCUT2D eigenvalue weighted by Gasteiger charge is -2.24. The molecule has 0 saturated heterocycles. The van der Waals surface area contributed by atoms with Crippen LogP contribution in [0.15, 0.2) is 194 Å². The molecule has 2 aliphatic rings. The van der Waals surface area contributed by atoms with E-state index in [1.54, 1.807) is 0 Å². The molecule has 0 unspecified atom stereocenters. The lowest BCUT2D eigenvalue weighted by molar-refractivity contribution is 0.652. The second-order valence-electron chi connectivity index (χ2n) is 19.0. The minimum atomic E-state index is -0.146. The van der Waals surface area contributed by atoms with E-state index >= 15 is 0 Å². The molecule has 2 heteroatoms. The van der Waals surface area contributed by atoms with Crippen LogP contribution in [0, 0.1) is 0 Å². The first kappa shape index (κ1) is 36.9. The van der Waals surface area contributed by atoms with Crippen molar-refractivity contribution in [1.29, 1.82) is 0 Å². The minimum Gasteiger partial charge on any atom is -0.309 e. The van der Waals surface area contributed by atoms with Crippen LogP contribution in [0.4, 0.5) is 0 Å². The highest BCUT2D eigenvalue weighted by Gasteiger charge is 2.41. The van der Waals surface area contributed by atoms with Gasteiger partial charge in [-0.1, -0.05) is 155 Å². The zero-order chi connectivity index (χ0) is 42.9. The molecule has 0 atom stereocenters. The van der Waals surface area contributed by atoms with Crippen molar-refractivity contribution in [2.45, 2.75) is 38.5 Å². The Morgan fingerprint density at radius 2 is 0.719 bits per heavy atom. The Labute approximate surface area is 374 Å². The zero-order valence-corrected chi connectivity index (χ0v) is 36.5. The molecule has 0 radical (unpaired) electrons. The lowest BCUT2D eigenvalue weighted by Crippen LogP contribution is -2.17. The summed E-state index contributed by atoms with van der Waals surface area (Å²) in [6.07, 6.45) is 4.56. The predicted molar refractivity (Wildman–Crippen MR) is 271 cm³/mol. The fraction of sp³-hybridized carbons (Fsp3) is 0.0968. The highest BCUT2D eigenvalue weighted by Crippen LogP contribution is 2.56. The van der Waals surface area contributed by atoms with Gasteiger partial charge < -0.3 is 9.13 Å². The molecular weight excluding hydrogens is 773 g/mol. The van der Waals surface area contributed by atoms with Crippen LogP contribution in [0.2, 0.25) is 0 Å². The number of aromatic nitrogens is 2. The van der Waals surface area contributed by atoms with Gasteiger partial charge >= 0.3 is 0 Å². The molecule has 2 aromatic heterocycles. The van der Waals surface area contributed by atoms with Crippen molar-refractivity contribution in [1.82, 2.24) is 9.13 Å². The van der Waals surface area contributed by atoms with Gasteiger partial charge in [-0.3, -0.25) is 0 Å². The van der Waals surface area contributed by atoms with Crippen molar-refractivity contribution in [3.8, 4) is 44.8 Å². The number of hydrogen-bond acceptors (Lipinski definition) is 0. The third-order valence-corrected chi connectivity index (χ3v) is 14.7. The van der Waals surface area contributed by atoms with E-state index in [0.29, 0.717) is 0 Å². The van der Waals surface area contributed by atoms with E-state index in [1.165, 1.54) is 122 Å². The number of rotatable bonds is 5. The van der Waals surface area contributed by atoms with Crippen LogP contribution in [0.3, 0.4) is 0 Å². The maximum absolute atomic E-state index is 2.53. The fourth-order valence-corrected chi connectivity index (χ4v) is 11.4. The first-order chi connectivity index (χ1) is 31.2. The second kappa shape index (κ2) is 13.4. The average Bonchev–Trinajstić information content (AvgIpc) is 3.99. The van der Waals surface area contributed by atoms with Gasteiger partial charge in [0.25, 0.3) is 0 Å². The van der Waals surface area contributed by atoms with Gasteiger partial charge in [-0.25, -0.2) is 0 Å². The summed E-state index contributed by atoms with van der Waals surface area (Å²) in [5.41, 5.74) is 23.0. The number of nitrogens with zero attached hydrogens (tertiary/aromatic N) is 2.